The summed E-state index contributed by atoms with van der Waals surface area (Å²) in [6, 6.07) is 17.4. The minimum atomic E-state index is -0.291. The van der Waals surface area contributed by atoms with Gasteiger partial charge in [-0.1, -0.05) is 18.2 Å². The SMILES string of the molecule is CCn1cc(-c2c(-c3ccc(F)cc3)oc3ccccc23)ccc1=O. The van der Waals surface area contributed by atoms with Gasteiger partial charge in [0, 0.05) is 40.9 Å². The number of halogens is 1. The second-order valence-electron chi connectivity index (χ2n) is 5.85. The van der Waals surface area contributed by atoms with Gasteiger partial charge in [0.1, 0.15) is 17.2 Å². The zero-order chi connectivity index (χ0) is 17.4. The number of nitrogens with zero attached hydrogens (tertiary/aromatic N) is 1. The van der Waals surface area contributed by atoms with Crippen molar-refractivity contribution in [3.63, 3.8) is 0 Å². The third kappa shape index (κ3) is 2.66. The number of aryl methyl sites for hydroxylation is 1. The van der Waals surface area contributed by atoms with Crippen molar-refractivity contribution in [3.05, 3.63) is 83.0 Å². The Morgan fingerprint density at radius 2 is 1.68 bits per heavy atom. The van der Waals surface area contributed by atoms with E-state index in [2.05, 4.69) is 0 Å². The predicted octanol–water partition coefficient (Wildman–Crippen LogP) is 5.09. The highest BCUT2D eigenvalue weighted by molar-refractivity contribution is 6.01. The van der Waals surface area contributed by atoms with Gasteiger partial charge in [-0.05, 0) is 43.3 Å². The molecule has 0 radical (unpaired) electrons. The van der Waals surface area contributed by atoms with E-state index in [0.717, 1.165) is 27.7 Å². The van der Waals surface area contributed by atoms with Crippen LogP contribution < -0.4 is 5.56 Å². The van der Waals surface area contributed by atoms with Gasteiger partial charge in [0.15, 0.2) is 0 Å². The molecule has 4 heteroatoms. The van der Waals surface area contributed by atoms with E-state index in [1.165, 1.54) is 12.1 Å². The molecule has 2 aromatic heterocycles. The maximum Gasteiger partial charge on any atom is 0.250 e. The maximum absolute atomic E-state index is 13.3. The molecule has 0 bridgehead atoms. The largest absolute Gasteiger partial charge is 0.455 e. The Morgan fingerprint density at radius 1 is 0.960 bits per heavy atom. The number of fused-ring (bicyclic) bond motifs is 1. The number of furan rings is 1. The Labute approximate surface area is 144 Å². The molecule has 3 nitrogen and oxygen atoms in total. The zero-order valence-electron chi connectivity index (χ0n) is 13.7. The summed E-state index contributed by atoms with van der Waals surface area (Å²) >= 11 is 0. The quantitative estimate of drug-likeness (QED) is 0.523. The fourth-order valence-corrected chi connectivity index (χ4v) is 3.06. The van der Waals surface area contributed by atoms with Gasteiger partial charge in [0.25, 0.3) is 5.56 Å². The first-order chi connectivity index (χ1) is 12.2. The molecule has 2 heterocycles. The summed E-state index contributed by atoms with van der Waals surface area (Å²) in [6.45, 7) is 2.52. The molecular weight excluding hydrogens is 317 g/mol. The van der Waals surface area contributed by atoms with Crippen molar-refractivity contribution in [2.24, 2.45) is 0 Å². The summed E-state index contributed by atoms with van der Waals surface area (Å²) in [6.07, 6.45) is 1.84. The highest BCUT2D eigenvalue weighted by Crippen LogP contribution is 2.40. The van der Waals surface area contributed by atoms with Gasteiger partial charge in [0.05, 0.1) is 0 Å². The second-order valence-corrected chi connectivity index (χ2v) is 5.85. The molecule has 0 fully saturated rings. The third-order valence-electron chi connectivity index (χ3n) is 4.31. The van der Waals surface area contributed by atoms with Crippen LogP contribution in [0.2, 0.25) is 0 Å². The van der Waals surface area contributed by atoms with Gasteiger partial charge in [0.2, 0.25) is 0 Å². The van der Waals surface area contributed by atoms with Gasteiger partial charge in [-0.3, -0.25) is 4.79 Å². The van der Waals surface area contributed by atoms with Gasteiger partial charge in [-0.15, -0.1) is 0 Å². The number of aromatic nitrogens is 1. The Morgan fingerprint density at radius 3 is 2.44 bits per heavy atom. The number of benzene rings is 2. The second kappa shape index (κ2) is 6.06. The van der Waals surface area contributed by atoms with Crippen LogP contribution in [0.15, 0.2) is 76.1 Å². The molecule has 0 saturated carbocycles. The molecule has 0 saturated heterocycles. The van der Waals surface area contributed by atoms with Crippen molar-refractivity contribution in [1.82, 2.24) is 4.57 Å². The molecule has 2 aromatic carbocycles. The molecule has 4 aromatic rings. The number of pyridine rings is 1. The van der Waals surface area contributed by atoms with Crippen LogP contribution in [-0.2, 0) is 6.54 Å². The molecule has 0 atom stereocenters. The van der Waals surface area contributed by atoms with Crippen molar-refractivity contribution in [2.75, 3.05) is 0 Å². The lowest BCUT2D eigenvalue weighted by atomic mass is 10.00. The number of hydrogen-bond donors (Lipinski definition) is 0. The van der Waals surface area contributed by atoms with Crippen LogP contribution in [0.5, 0.6) is 0 Å². The summed E-state index contributed by atoms with van der Waals surface area (Å²) < 4.78 is 21.0. The lowest BCUT2D eigenvalue weighted by Gasteiger charge is -2.07. The molecule has 0 aliphatic carbocycles. The Hall–Kier alpha value is -3.14. The molecule has 25 heavy (non-hydrogen) atoms. The van der Waals surface area contributed by atoms with E-state index in [9.17, 15) is 9.18 Å². The first-order valence-electron chi connectivity index (χ1n) is 8.15. The van der Waals surface area contributed by atoms with Crippen molar-refractivity contribution < 1.29 is 8.81 Å². The van der Waals surface area contributed by atoms with Crippen molar-refractivity contribution in [1.29, 1.82) is 0 Å². The van der Waals surface area contributed by atoms with Gasteiger partial charge < -0.3 is 8.98 Å². The third-order valence-corrected chi connectivity index (χ3v) is 4.31. The Kier molecular flexibility index (Phi) is 3.73. The van der Waals surface area contributed by atoms with E-state index in [1.54, 1.807) is 28.8 Å². The van der Waals surface area contributed by atoms with Gasteiger partial charge in [-0.25, -0.2) is 4.39 Å². The van der Waals surface area contributed by atoms with E-state index in [-0.39, 0.29) is 11.4 Å². The summed E-state index contributed by atoms with van der Waals surface area (Å²) in [5, 5.41) is 0.961. The fraction of sp³-hybridized carbons (Fsp3) is 0.0952. The summed E-state index contributed by atoms with van der Waals surface area (Å²) in [5.41, 5.74) is 3.31. The molecule has 0 amide bonds. The van der Waals surface area contributed by atoms with Gasteiger partial charge in [-0.2, -0.15) is 0 Å². The molecule has 0 unspecified atom stereocenters. The minimum Gasteiger partial charge on any atom is -0.455 e. The monoisotopic (exact) mass is 333 g/mol. The van der Waals surface area contributed by atoms with Crippen molar-refractivity contribution >= 4 is 11.0 Å². The highest BCUT2D eigenvalue weighted by atomic mass is 19.1. The highest BCUT2D eigenvalue weighted by Gasteiger charge is 2.18. The normalized spacial score (nSPS) is 11.1. The molecular formula is C21H16FNO2. The summed E-state index contributed by atoms with van der Waals surface area (Å²) in [7, 11) is 0. The lowest BCUT2D eigenvalue weighted by Crippen LogP contribution is -2.16. The summed E-state index contributed by atoms with van der Waals surface area (Å²) in [4.78, 5) is 11.9. The van der Waals surface area contributed by atoms with Crippen LogP contribution in [0.4, 0.5) is 4.39 Å². The molecule has 0 spiro atoms. The number of rotatable bonds is 3. The summed E-state index contributed by atoms with van der Waals surface area (Å²) in [5.74, 6) is 0.378. The van der Waals surface area contributed by atoms with E-state index in [4.69, 9.17) is 4.42 Å². The Balaban J connectivity index is 2.03. The standard InChI is InChI=1S/C21H16FNO2/c1-2-23-13-15(9-12-19(23)24)20-17-5-3-4-6-18(17)25-21(20)14-7-10-16(22)11-8-14/h3-13H,2H2,1H3. The van der Waals surface area contributed by atoms with Crippen LogP contribution in [0, 0.1) is 5.82 Å². The van der Waals surface area contributed by atoms with E-state index >= 15 is 0 Å². The van der Waals surface area contributed by atoms with Crippen molar-refractivity contribution in [2.45, 2.75) is 13.5 Å². The van der Waals surface area contributed by atoms with Crippen LogP contribution in [0.1, 0.15) is 6.92 Å². The zero-order valence-corrected chi connectivity index (χ0v) is 13.7. The topological polar surface area (TPSA) is 35.1 Å². The number of para-hydroxylation sites is 1. The van der Waals surface area contributed by atoms with E-state index in [0.29, 0.717) is 12.3 Å². The first kappa shape index (κ1) is 15.4. The average molecular weight is 333 g/mol. The van der Waals surface area contributed by atoms with Crippen LogP contribution in [0.3, 0.4) is 0 Å². The average Bonchev–Trinajstić information content (AvgIpc) is 3.02. The predicted molar refractivity (Wildman–Crippen MR) is 97.0 cm³/mol. The smallest absolute Gasteiger partial charge is 0.250 e. The van der Waals surface area contributed by atoms with Crippen LogP contribution in [-0.4, -0.2) is 4.57 Å². The lowest BCUT2D eigenvalue weighted by molar-refractivity contribution is 0.623. The van der Waals surface area contributed by atoms with Crippen LogP contribution >= 0.6 is 0 Å². The van der Waals surface area contributed by atoms with Gasteiger partial charge >= 0.3 is 0 Å². The molecule has 4 rings (SSSR count). The molecule has 0 aliphatic heterocycles. The van der Waals surface area contributed by atoms with E-state index in [1.807, 2.05) is 37.4 Å². The fourth-order valence-electron chi connectivity index (χ4n) is 3.06. The minimum absolute atomic E-state index is 0.0395. The maximum atomic E-state index is 13.3. The Bertz CT molecular complexity index is 1110. The van der Waals surface area contributed by atoms with Crippen LogP contribution in [0.25, 0.3) is 33.4 Å². The molecule has 124 valence electrons. The molecule has 0 aliphatic rings. The van der Waals surface area contributed by atoms with E-state index < -0.39 is 0 Å². The van der Waals surface area contributed by atoms with Crippen molar-refractivity contribution in [3.8, 4) is 22.5 Å². The molecule has 0 N–H and O–H groups in total. The first-order valence-corrected chi connectivity index (χ1v) is 8.15. The number of hydrogen-bond acceptors (Lipinski definition) is 2.